The summed E-state index contributed by atoms with van der Waals surface area (Å²) < 4.78 is 0. The summed E-state index contributed by atoms with van der Waals surface area (Å²) in [6, 6.07) is 6.71. The molecule has 2 aliphatic carbocycles. The van der Waals surface area contributed by atoms with Crippen LogP contribution in [0.1, 0.15) is 55.8 Å². The van der Waals surface area contributed by atoms with E-state index in [2.05, 4.69) is 12.2 Å². The minimum atomic E-state index is -0.0402. The van der Waals surface area contributed by atoms with Gasteiger partial charge in [0.05, 0.1) is 0 Å². The van der Waals surface area contributed by atoms with Gasteiger partial charge >= 0.3 is 6.03 Å². The van der Waals surface area contributed by atoms with Gasteiger partial charge in [0, 0.05) is 30.6 Å². The van der Waals surface area contributed by atoms with Crippen LogP contribution in [0.5, 0.6) is 5.75 Å². The molecule has 27 heavy (non-hydrogen) atoms. The van der Waals surface area contributed by atoms with Gasteiger partial charge in [-0.2, -0.15) is 0 Å². The number of rotatable bonds is 4. The predicted molar refractivity (Wildman–Crippen MR) is 104 cm³/mol. The average molecular weight is 370 g/mol. The van der Waals surface area contributed by atoms with Crippen molar-refractivity contribution in [2.24, 2.45) is 23.7 Å². The van der Waals surface area contributed by atoms with Crippen LogP contribution in [-0.2, 0) is 0 Å². The molecule has 1 aromatic rings. The van der Waals surface area contributed by atoms with Crippen LogP contribution in [0.2, 0.25) is 0 Å². The van der Waals surface area contributed by atoms with Crippen molar-refractivity contribution in [1.82, 2.24) is 10.2 Å². The monoisotopic (exact) mass is 370 g/mol. The molecule has 2 N–H and O–H groups in total. The van der Waals surface area contributed by atoms with E-state index < -0.39 is 0 Å². The number of hydrogen-bond acceptors (Lipinski definition) is 3. The van der Waals surface area contributed by atoms with E-state index in [1.54, 1.807) is 24.3 Å². The minimum absolute atomic E-state index is 0.0285. The fraction of sp³-hybridized carbons (Fsp3) is 0.636. The number of amides is 2. The van der Waals surface area contributed by atoms with Crippen molar-refractivity contribution in [3.8, 4) is 5.75 Å². The van der Waals surface area contributed by atoms with Crippen LogP contribution in [-0.4, -0.2) is 41.0 Å². The average Bonchev–Trinajstić information content (AvgIpc) is 3.32. The summed E-state index contributed by atoms with van der Waals surface area (Å²) in [5, 5.41) is 12.6. The molecule has 0 radical (unpaired) electrons. The summed E-state index contributed by atoms with van der Waals surface area (Å²) in [6.07, 6.45) is 6.75. The number of benzene rings is 1. The van der Waals surface area contributed by atoms with E-state index in [0.29, 0.717) is 37.4 Å². The molecule has 146 valence electrons. The summed E-state index contributed by atoms with van der Waals surface area (Å²) >= 11 is 0. The summed E-state index contributed by atoms with van der Waals surface area (Å²) in [7, 11) is 0. The van der Waals surface area contributed by atoms with Gasteiger partial charge in [0.1, 0.15) is 5.75 Å². The first-order valence-corrected chi connectivity index (χ1v) is 10.4. The van der Waals surface area contributed by atoms with Gasteiger partial charge < -0.3 is 15.3 Å². The van der Waals surface area contributed by atoms with Gasteiger partial charge in [-0.05, 0) is 81.0 Å². The van der Waals surface area contributed by atoms with Gasteiger partial charge in [-0.1, -0.05) is 6.42 Å². The Balaban J connectivity index is 1.26. The van der Waals surface area contributed by atoms with Gasteiger partial charge in [-0.25, -0.2) is 4.79 Å². The second-order valence-electron chi connectivity index (χ2n) is 8.75. The van der Waals surface area contributed by atoms with E-state index in [4.69, 9.17) is 0 Å². The van der Waals surface area contributed by atoms with Gasteiger partial charge in [-0.15, -0.1) is 0 Å². The van der Waals surface area contributed by atoms with Crippen molar-refractivity contribution in [1.29, 1.82) is 0 Å². The Morgan fingerprint density at radius 1 is 1.07 bits per heavy atom. The maximum atomic E-state index is 12.7. The lowest BCUT2D eigenvalue weighted by atomic mass is 9.84. The lowest BCUT2D eigenvalue weighted by Crippen LogP contribution is -2.50. The fourth-order valence-corrected chi connectivity index (χ4v) is 5.51. The van der Waals surface area contributed by atoms with Crippen molar-refractivity contribution in [2.75, 3.05) is 13.1 Å². The molecule has 0 aromatic heterocycles. The second kappa shape index (κ2) is 7.53. The van der Waals surface area contributed by atoms with E-state index in [1.165, 1.54) is 25.7 Å². The first-order chi connectivity index (χ1) is 13.0. The molecule has 5 heteroatoms. The Morgan fingerprint density at radius 3 is 2.37 bits per heavy atom. The van der Waals surface area contributed by atoms with Crippen LogP contribution in [0.25, 0.3) is 0 Å². The number of ketones is 1. The number of phenolic OH excluding ortho intramolecular Hbond substituents is 1. The number of likely N-dealkylation sites (tertiary alicyclic amines) is 1. The number of carbonyl (C=O) groups is 2. The zero-order chi connectivity index (χ0) is 19.0. The molecule has 2 bridgehead atoms. The number of Topliss-reactive ketones (excluding diaryl/α,β-unsaturated/α-hetero) is 1. The third-order valence-corrected chi connectivity index (χ3v) is 7.09. The Bertz CT molecular complexity index is 694. The van der Waals surface area contributed by atoms with Gasteiger partial charge in [0.2, 0.25) is 0 Å². The fourth-order valence-electron chi connectivity index (χ4n) is 5.51. The largest absolute Gasteiger partial charge is 0.508 e. The van der Waals surface area contributed by atoms with Crippen LogP contribution in [0.15, 0.2) is 24.3 Å². The number of aromatic hydroxyl groups is 1. The summed E-state index contributed by atoms with van der Waals surface area (Å²) in [5.41, 5.74) is 0.639. The number of piperidine rings is 1. The summed E-state index contributed by atoms with van der Waals surface area (Å²) in [5.74, 6) is 2.58. The highest BCUT2D eigenvalue weighted by Crippen LogP contribution is 2.49. The highest BCUT2D eigenvalue weighted by Gasteiger charge is 2.42. The molecule has 2 amide bonds. The number of nitrogens with zero attached hydrogens (tertiary/aromatic N) is 1. The van der Waals surface area contributed by atoms with E-state index in [-0.39, 0.29) is 29.5 Å². The molecule has 1 saturated heterocycles. The van der Waals surface area contributed by atoms with Crippen LogP contribution >= 0.6 is 0 Å². The van der Waals surface area contributed by atoms with Crippen LogP contribution in [0.3, 0.4) is 0 Å². The van der Waals surface area contributed by atoms with Crippen molar-refractivity contribution < 1.29 is 14.7 Å². The lowest BCUT2D eigenvalue weighted by Gasteiger charge is -2.34. The van der Waals surface area contributed by atoms with Gasteiger partial charge in [0.15, 0.2) is 5.78 Å². The van der Waals surface area contributed by atoms with E-state index in [0.717, 1.165) is 11.8 Å². The molecule has 1 heterocycles. The number of phenols is 1. The lowest BCUT2D eigenvalue weighted by molar-refractivity contribution is 0.0851. The Hall–Kier alpha value is -2.04. The Labute approximate surface area is 161 Å². The molecule has 1 aliphatic heterocycles. The smallest absolute Gasteiger partial charge is 0.317 e. The second-order valence-corrected chi connectivity index (χ2v) is 8.75. The summed E-state index contributed by atoms with van der Waals surface area (Å²) in [4.78, 5) is 27.1. The van der Waals surface area contributed by atoms with Crippen LogP contribution in [0, 0.1) is 23.7 Å². The predicted octanol–water partition coefficient (Wildman–Crippen LogP) is 3.82. The van der Waals surface area contributed by atoms with Gasteiger partial charge in [0.25, 0.3) is 0 Å². The molecule has 4 rings (SSSR count). The third kappa shape index (κ3) is 3.83. The first-order valence-electron chi connectivity index (χ1n) is 10.4. The highest BCUT2D eigenvalue weighted by atomic mass is 16.3. The summed E-state index contributed by atoms with van der Waals surface area (Å²) in [6.45, 7) is 3.41. The number of fused-ring (bicyclic) bond motifs is 2. The van der Waals surface area contributed by atoms with E-state index in [1.807, 2.05) is 4.90 Å². The number of urea groups is 1. The molecule has 0 spiro atoms. The van der Waals surface area contributed by atoms with Crippen LogP contribution in [0.4, 0.5) is 4.79 Å². The third-order valence-electron chi connectivity index (χ3n) is 7.09. The van der Waals surface area contributed by atoms with Crippen molar-refractivity contribution in [3.05, 3.63) is 29.8 Å². The maximum Gasteiger partial charge on any atom is 0.317 e. The molecular formula is C22H30N2O3. The van der Waals surface area contributed by atoms with E-state index >= 15 is 0 Å². The van der Waals surface area contributed by atoms with E-state index in [9.17, 15) is 14.7 Å². The molecule has 4 atom stereocenters. The molecule has 2 saturated carbocycles. The Kier molecular flexibility index (Phi) is 5.11. The molecule has 5 nitrogen and oxygen atoms in total. The molecule has 0 unspecified atom stereocenters. The number of carbonyl (C=O) groups excluding carboxylic acids is 2. The zero-order valence-corrected chi connectivity index (χ0v) is 16.1. The molecule has 3 aliphatic rings. The van der Waals surface area contributed by atoms with Crippen LogP contribution < -0.4 is 5.32 Å². The van der Waals surface area contributed by atoms with Gasteiger partial charge in [-0.3, -0.25) is 4.79 Å². The first kappa shape index (κ1) is 18.3. The Morgan fingerprint density at radius 2 is 1.78 bits per heavy atom. The molecule has 1 aromatic carbocycles. The maximum absolute atomic E-state index is 12.7. The van der Waals surface area contributed by atoms with Crippen molar-refractivity contribution in [2.45, 2.75) is 51.5 Å². The number of nitrogens with one attached hydrogen (secondary N) is 1. The highest BCUT2D eigenvalue weighted by molar-refractivity contribution is 5.98. The number of hydrogen-bond donors (Lipinski definition) is 2. The van der Waals surface area contributed by atoms with Crippen molar-refractivity contribution in [3.63, 3.8) is 0 Å². The zero-order valence-electron chi connectivity index (χ0n) is 16.1. The quantitative estimate of drug-likeness (QED) is 0.792. The van der Waals surface area contributed by atoms with Crippen molar-refractivity contribution >= 4 is 11.8 Å². The minimum Gasteiger partial charge on any atom is -0.508 e. The SMILES string of the molecule is C[C@@H](NC(=O)N1CCC(C(=O)c2ccc(O)cc2)CC1)[C@@H]1C[C@H]2CC[C@H]1C2. The molecule has 3 fully saturated rings. The standard InChI is InChI=1S/C22H30N2O3/c1-14(20-13-15-2-3-18(20)12-15)23-22(27)24-10-8-17(9-11-24)21(26)16-4-6-19(25)7-5-16/h4-7,14-15,17-18,20,25H,2-3,8-13H2,1H3,(H,23,27)/t14-,15+,18+,20+/m1/s1. The normalized spacial score (nSPS) is 28.9. The topological polar surface area (TPSA) is 69.6 Å². The molecular weight excluding hydrogens is 340 g/mol.